The Kier molecular flexibility index (Phi) is 14.0. The van der Waals surface area contributed by atoms with Crippen LogP contribution in [-0.4, -0.2) is 75.1 Å². The smallest absolute Gasteiger partial charge is 0.233 e. The van der Waals surface area contributed by atoms with Crippen molar-refractivity contribution in [2.75, 3.05) is 52.3 Å². The molecule has 136 valence electrons. The van der Waals surface area contributed by atoms with Crippen LogP contribution < -0.4 is 16.0 Å². The van der Waals surface area contributed by atoms with Gasteiger partial charge in [-0.25, -0.2) is 0 Å². The highest BCUT2D eigenvalue weighted by molar-refractivity contribution is 14.0. The van der Waals surface area contributed by atoms with Gasteiger partial charge in [-0.3, -0.25) is 14.7 Å². The minimum absolute atomic E-state index is 0. The van der Waals surface area contributed by atoms with E-state index in [0.29, 0.717) is 12.6 Å². The number of aliphatic imine (C=N–C) groups is 1. The van der Waals surface area contributed by atoms with Gasteiger partial charge in [-0.15, -0.1) is 24.0 Å². The molecule has 0 atom stereocenters. The van der Waals surface area contributed by atoms with Gasteiger partial charge in [0, 0.05) is 39.8 Å². The number of nitrogens with zero attached hydrogens (tertiary/aromatic N) is 2. The zero-order valence-electron chi connectivity index (χ0n) is 14.6. The second kappa shape index (κ2) is 14.2. The molecule has 6 nitrogen and oxygen atoms in total. The largest absolute Gasteiger partial charge is 0.358 e. The van der Waals surface area contributed by atoms with Crippen molar-refractivity contribution in [1.82, 2.24) is 20.9 Å². The third kappa shape index (κ3) is 10.3. The van der Waals surface area contributed by atoms with Crippen LogP contribution in [0, 0.1) is 0 Å². The Labute approximate surface area is 162 Å². The number of carbonyl (C=O) groups is 1. The second-order valence-corrected chi connectivity index (χ2v) is 6.55. The van der Waals surface area contributed by atoms with E-state index in [9.17, 15) is 4.79 Å². The normalized spacial score (nSPS) is 16.6. The molecule has 1 aliphatic rings. The molecular formula is C15H32IN5OS. The average molecular weight is 457 g/mol. The zero-order valence-corrected chi connectivity index (χ0v) is 17.7. The Morgan fingerprint density at radius 1 is 1.30 bits per heavy atom. The molecule has 1 aliphatic heterocycles. The van der Waals surface area contributed by atoms with E-state index in [-0.39, 0.29) is 29.9 Å². The van der Waals surface area contributed by atoms with Gasteiger partial charge in [-0.05, 0) is 37.7 Å². The molecule has 0 bridgehead atoms. The van der Waals surface area contributed by atoms with Gasteiger partial charge < -0.3 is 16.0 Å². The predicted molar refractivity (Wildman–Crippen MR) is 111 cm³/mol. The van der Waals surface area contributed by atoms with E-state index >= 15 is 0 Å². The molecule has 1 amide bonds. The summed E-state index contributed by atoms with van der Waals surface area (Å²) in [5.41, 5.74) is 0. The van der Waals surface area contributed by atoms with Crippen molar-refractivity contribution in [3.63, 3.8) is 0 Å². The van der Waals surface area contributed by atoms with Crippen LogP contribution in [0.5, 0.6) is 0 Å². The molecule has 0 aromatic heterocycles. The molecular weight excluding hydrogens is 425 g/mol. The molecule has 1 saturated heterocycles. The first-order valence-corrected chi connectivity index (χ1v) is 9.48. The maximum Gasteiger partial charge on any atom is 0.233 e. The molecule has 0 radical (unpaired) electrons. The molecule has 1 fully saturated rings. The molecule has 0 aromatic carbocycles. The SMILES string of the molecule is CN=C(NCCCCSC)NC1CCN(CC(=O)NC)CC1.I. The van der Waals surface area contributed by atoms with Gasteiger partial charge in [0.2, 0.25) is 5.91 Å². The van der Waals surface area contributed by atoms with Crippen molar-refractivity contribution in [3.8, 4) is 0 Å². The van der Waals surface area contributed by atoms with E-state index in [4.69, 9.17) is 0 Å². The van der Waals surface area contributed by atoms with Crippen LogP contribution >= 0.6 is 35.7 Å². The highest BCUT2D eigenvalue weighted by Crippen LogP contribution is 2.09. The standard InChI is InChI=1S/C15H31N5OS.HI/c1-16-14(21)12-20-9-6-13(7-10-20)19-15(17-2)18-8-4-5-11-22-3;/h13H,4-12H2,1-3H3,(H,16,21)(H2,17,18,19);1H. The van der Waals surface area contributed by atoms with Gasteiger partial charge in [-0.2, -0.15) is 11.8 Å². The number of rotatable bonds is 8. The highest BCUT2D eigenvalue weighted by Gasteiger charge is 2.21. The number of unbranched alkanes of at least 4 members (excludes halogenated alkanes) is 1. The number of carbonyl (C=O) groups excluding carboxylic acids is 1. The fourth-order valence-corrected chi connectivity index (χ4v) is 2.98. The molecule has 0 aromatic rings. The monoisotopic (exact) mass is 457 g/mol. The number of halogens is 1. The van der Waals surface area contributed by atoms with Gasteiger partial charge in [0.15, 0.2) is 5.96 Å². The summed E-state index contributed by atoms with van der Waals surface area (Å²) in [6.07, 6.45) is 6.65. The summed E-state index contributed by atoms with van der Waals surface area (Å²) in [4.78, 5) is 17.9. The van der Waals surface area contributed by atoms with E-state index in [1.165, 1.54) is 18.6 Å². The van der Waals surface area contributed by atoms with Gasteiger partial charge in [0.1, 0.15) is 0 Å². The number of thioether (sulfide) groups is 1. The lowest BCUT2D eigenvalue weighted by Crippen LogP contribution is -2.50. The lowest BCUT2D eigenvalue weighted by atomic mass is 10.1. The quantitative estimate of drug-likeness (QED) is 0.221. The van der Waals surface area contributed by atoms with Gasteiger partial charge in [0.25, 0.3) is 0 Å². The topological polar surface area (TPSA) is 68.8 Å². The van der Waals surface area contributed by atoms with Crippen LogP contribution in [0.3, 0.4) is 0 Å². The first kappa shape index (κ1) is 22.8. The van der Waals surface area contributed by atoms with Crippen LogP contribution in [0.25, 0.3) is 0 Å². The van der Waals surface area contributed by atoms with Crippen molar-refractivity contribution < 1.29 is 4.79 Å². The third-order valence-electron chi connectivity index (χ3n) is 3.87. The van der Waals surface area contributed by atoms with Crippen LogP contribution in [0.4, 0.5) is 0 Å². The maximum absolute atomic E-state index is 11.4. The van der Waals surface area contributed by atoms with E-state index in [0.717, 1.165) is 38.4 Å². The number of guanidine groups is 1. The van der Waals surface area contributed by atoms with E-state index in [1.807, 2.05) is 18.8 Å². The highest BCUT2D eigenvalue weighted by atomic mass is 127. The Hall–Kier alpha value is -0.220. The molecule has 0 spiro atoms. The summed E-state index contributed by atoms with van der Waals surface area (Å²) in [7, 11) is 3.50. The maximum atomic E-state index is 11.4. The van der Waals surface area contributed by atoms with Crippen LogP contribution in [-0.2, 0) is 4.79 Å². The molecule has 0 unspecified atom stereocenters. The van der Waals surface area contributed by atoms with Crippen molar-refractivity contribution in [2.45, 2.75) is 31.7 Å². The number of likely N-dealkylation sites (N-methyl/N-ethyl adjacent to an activating group) is 1. The van der Waals surface area contributed by atoms with Crippen molar-refractivity contribution in [2.24, 2.45) is 4.99 Å². The number of hydrogen-bond donors (Lipinski definition) is 3. The van der Waals surface area contributed by atoms with E-state index in [1.54, 1.807) is 7.05 Å². The molecule has 0 saturated carbocycles. The average Bonchev–Trinajstić information content (AvgIpc) is 2.55. The Morgan fingerprint density at radius 2 is 2.00 bits per heavy atom. The minimum atomic E-state index is 0. The second-order valence-electron chi connectivity index (χ2n) is 5.57. The van der Waals surface area contributed by atoms with Gasteiger partial charge in [-0.1, -0.05) is 0 Å². The Bertz CT molecular complexity index is 349. The molecule has 8 heteroatoms. The third-order valence-corrected chi connectivity index (χ3v) is 4.56. The predicted octanol–water partition coefficient (Wildman–Crippen LogP) is 1.12. The van der Waals surface area contributed by atoms with Crippen LogP contribution in [0.2, 0.25) is 0 Å². The zero-order chi connectivity index (χ0) is 16.2. The number of likely N-dealkylation sites (tertiary alicyclic amines) is 1. The molecule has 23 heavy (non-hydrogen) atoms. The van der Waals surface area contributed by atoms with E-state index < -0.39 is 0 Å². The molecule has 1 heterocycles. The summed E-state index contributed by atoms with van der Waals surface area (Å²) >= 11 is 1.89. The summed E-state index contributed by atoms with van der Waals surface area (Å²) in [5.74, 6) is 2.21. The van der Waals surface area contributed by atoms with Gasteiger partial charge >= 0.3 is 0 Å². The summed E-state index contributed by atoms with van der Waals surface area (Å²) < 4.78 is 0. The van der Waals surface area contributed by atoms with Crippen LogP contribution in [0.15, 0.2) is 4.99 Å². The first-order valence-electron chi connectivity index (χ1n) is 8.08. The summed E-state index contributed by atoms with van der Waals surface area (Å²) in [6.45, 7) is 3.38. The van der Waals surface area contributed by atoms with Crippen molar-refractivity contribution in [1.29, 1.82) is 0 Å². The summed E-state index contributed by atoms with van der Waals surface area (Å²) in [5, 5.41) is 9.55. The van der Waals surface area contributed by atoms with E-state index in [2.05, 4.69) is 32.1 Å². The molecule has 0 aliphatic carbocycles. The Morgan fingerprint density at radius 3 is 2.57 bits per heavy atom. The fourth-order valence-electron chi connectivity index (χ4n) is 2.48. The van der Waals surface area contributed by atoms with Crippen molar-refractivity contribution in [3.05, 3.63) is 0 Å². The molecule has 3 N–H and O–H groups in total. The minimum Gasteiger partial charge on any atom is -0.358 e. The number of piperidine rings is 1. The number of amides is 1. The number of hydrogen-bond acceptors (Lipinski definition) is 4. The van der Waals surface area contributed by atoms with Crippen LogP contribution in [0.1, 0.15) is 25.7 Å². The fraction of sp³-hybridized carbons (Fsp3) is 0.867. The first-order chi connectivity index (χ1) is 10.7. The van der Waals surface area contributed by atoms with Gasteiger partial charge in [0.05, 0.1) is 6.54 Å². The van der Waals surface area contributed by atoms with Crippen molar-refractivity contribution >= 4 is 47.6 Å². The number of nitrogens with one attached hydrogen (secondary N) is 3. The molecule has 1 rings (SSSR count). The Balaban J connectivity index is 0.00000484. The summed E-state index contributed by atoms with van der Waals surface area (Å²) in [6, 6.07) is 0.443. The lowest BCUT2D eigenvalue weighted by Gasteiger charge is -2.32. The lowest BCUT2D eigenvalue weighted by molar-refractivity contribution is -0.122.